The molecule has 0 aromatic heterocycles. The van der Waals surface area contributed by atoms with Crippen molar-refractivity contribution >= 4 is 0 Å². The molecular formula is C15H28O2. The van der Waals surface area contributed by atoms with E-state index in [-0.39, 0.29) is 6.61 Å². The second-order valence-electron chi connectivity index (χ2n) is 4.31. The molecule has 0 bridgehead atoms. The van der Waals surface area contributed by atoms with Gasteiger partial charge in [0.15, 0.2) is 0 Å². The minimum absolute atomic E-state index is 0.178. The van der Waals surface area contributed by atoms with Crippen LogP contribution in [-0.2, 0) is 4.74 Å². The highest BCUT2D eigenvalue weighted by molar-refractivity contribution is 4.80. The van der Waals surface area contributed by atoms with Gasteiger partial charge in [-0.25, -0.2) is 0 Å². The first kappa shape index (κ1) is 16.2. The predicted octanol–water partition coefficient (Wildman–Crippen LogP) is 4.21. The zero-order valence-corrected chi connectivity index (χ0v) is 11.2. The maximum atomic E-state index is 8.54. The van der Waals surface area contributed by atoms with E-state index < -0.39 is 0 Å². The molecule has 0 unspecified atom stereocenters. The van der Waals surface area contributed by atoms with E-state index >= 15 is 0 Å². The van der Waals surface area contributed by atoms with Crippen LogP contribution < -0.4 is 0 Å². The van der Waals surface area contributed by atoms with Gasteiger partial charge in [-0.1, -0.05) is 44.3 Å². The fourth-order valence-electron chi connectivity index (χ4n) is 1.76. The van der Waals surface area contributed by atoms with Gasteiger partial charge in [0.2, 0.25) is 0 Å². The lowest BCUT2D eigenvalue weighted by atomic mass is 10.1. The van der Waals surface area contributed by atoms with E-state index in [9.17, 15) is 0 Å². The SMILES string of the molecule is CO/C=C/CCCCCCCCC/C=C\CO. The van der Waals surface area contributed by atoms with E-state index in [4.69, 9.17) is 9.84 Å². The summed E-state index contributed by atoms with van der Waals surface area (Å²) in [6.45, 7) is 0.178. The molecule has 0 aliphatic heterocycles. The number of hydrogen-bond donors (Lipinski definition) is 1. The van der Waals surface area contributed by atoms with Crippen LogP contribution in [0, 0.1) is 0 Å². The molecule has 0 aromatic carbocycles. The van der Waals surface area contributed by atoms with Crippen molar-refractivity contribution in [1.82, 2.24) is 0 Å². The first-order valence-corrected chi connectivity index (χ1v) is 6.85. The Morgan fingerprint density at radius 3 is 1.82 bits per heavy atom. The predicted molar refractivity (Wildman–Crippen MR) is 73.9 cm³/mol. The summed E-state index contributed by atoms with van der Waals surface area (Å²) in [6.07, 6.45) is 19.3. The molecular weight excluding hydrogens is 212 g/mol. The van der Waals surface area contributed by atoms with Gasteiger partial charge in [0.1, 0.15) is 0 Å². The second-order valence-corrected chi connectivity index (χ2v) is 4.31. The highest BCUT2D eigenvalue weighted by Gasteiger charge is 1.90. The fourth-order valence-corrected chi connectivity index (χ4v) is 1.76. The first-order chi connectivity index (χ1) is 8.41. The molecule has 0 atom stereocenters. The summed E-state index contributed by atoms with van der Waals surface area (Å²) in [6, 6.07) is 0. The third kappa shape index (κ3) is 15.2. The van der Waals surface area contributed by atoms with Crippen molar-refractivity contribution in [3.63, 3.8) is 0 Å². The largest absolute Gasteiger partial charge is 0.505 e. The summed E-state index contributed by atoms with van der Waals surface area (Å²) in [5.41, 5.74) is 0. The van der Waals surface area contributed by atoms with Crippen LogP contribution in [-0.4, -0.2) is 18.8 Å². The summed E-state index contributed by atoms with van der Waals surface area (Å²) < 4.78 is 4.84. The van der Waals surface area contributed by atoms with E-state index in [1.165, 1.54) is 44.9 Å². The zero-order chi connectivity index (χ0) is 12.6. The Hall–Kier alpha value is -0.760. The number of hydrogen-bond acceptors (Lipinski definition) is 2. The van der Waals surface area contributed by atoms with Gasteiger partial charge >= 0.3 is 0 Å². The van der Waals surface area contributed by atoms with Crippen LogP contribution in [0.2, 0.25) is 0 Å². The van der Waals surface area contributed by atoms with E-state index in [0.717, 1.165) is 12.8 Å². The molecule has 0 radical (unpaired) electrons. The van der Waals surface area contributed by atoms with Gasteiger partial charge in [-0.05, 0) is 31.8 Å². The maximum absolute atomic E-state index is 8.54. The van der Waals surface area contributed by atoms with Crippen LogP contribution in [0.25, 0.3) is 0 Å². The van der Waals surface area contributed by atoms with Crippen molar-refractivity contribution in [2.45, 2.75) is 57.8 Å². The number of allylic oxidation sites excluding steroid dienone is 2. The molecule has 0 aliphatic rings. The van der Waals surface area contributed by atoms with Crippen molar-refractivity contribution in [3.8, 4) is 0 Å². The van der Waals surface area contributed by atoms with Crippen molar-refractivity contribution in [2.24, 2.45) is 0 Å². The Bertz CT molecular complexity index is 165. The molecule has 0 saturated heterocycles. The standard InChI is InChI=1S/C15H28O2/c1-17-15-13-11-9-7-5-3-2-4-6-8-10-12-14-16/h10,12-13,15-16H,2-9,11,14H2,1H3/b12-10-,15-13+. The van der Waals surface area contributed by atoms with Crippen LogP contribution in [0.1, 0.15) is 57.8 Å². The Balaban J connectivity index is 2.98. The average molecular weight is 240 g/mol. The summed E-state index contributed by atoms with van der Waals surface area (Å²) in [4.78, 5) is 0. The molecule has 0 spiro atoms. The number of ether oxygens (including phenoxy) is 1. The van der Waals surface area contributed by atoms with Crippen LogP contribution in [0.3, 0.4) is 0 Å². The second kappa shape index (κ2) is 15.2. The Labute approximate surface area is 106 Å². The van der Waals surface area contributed by atoms with Gasteiger partial charge < -0.3 is 9.84 Å². The fraction of sp³-hybridized carbons (Fsp3) is 0.733. The average Bonchev–Trinajstić information content (AvgIpc) is 2.35. The van der Waals surface area contributed by atoms with Crippen molar-refractivity contribution in [1.29, 1.82) is 0 Å². The van der Waals surface area contributed by atoms with E-state index in [2.05, 4.69) is 12.2 Å². The molecule has 2 heteroatoms. The molecule has 0 saturated carbocycles. The monoisotopic (exact) mass is 240 g/mol. The highest BCUT2D eigenvalue weighted by Crippen LogP contribution is 2.10. The summed E-state index contributed by atoms with van der Waals surface area (Å²) >= 11 is 0. The minimum Gasteiger partial charge on any atom is -0.505 e. The topological polar surface area (TPSA) is 29.5 Å². The smallest absolute Gasteiger partial charge is 0.0784 e. The van der Waals surface area contributed by atoms with Crippen LogP contribution >= 0.6 is 0 Å². The van der Waals surface area contributed by atoms with Crippen molar-refractivity contribution in [2.75, 3.05) is 13.7 Å². The van der Waals surface area contributed by atoms with E-state index in [0.29, 0.717) is 0 Å². The molecule has 2 nitrogen and oxygen atoms in total. The molecule has 0 heterocycles. The van der Waals surface area contributed by atoms with Crippen LogP contribution in [0.15, 0.2) is 24.5 Å². The molecule has 17 heavy (non-hydrogen) atoms. The zero-order valence-electron chi connectivity index (χ0n) is 11.2. The van der Waals surface area contributed by atoms with Crippen LogP contribution in [0.5, 0.6) is 0 Å². The van der Waals surface area contributed by atoms with Gasteiger partial charge in [-0.15, -0.1) is 0 Å². The lowest BCUT2D eigenvalue weighted by molar-refractivity contribution is 0.336. The summed E-state index contributed by atoms with van der Waals surface area (Å²) in [7, 11) is 1.69. The van der Waals surface area contributed by atoms with Gasteiger partial charge in [-0.3, -0.25) is 0 Å². The normalized spacial score (nSPS) is 11.6. The van der Waals surface area contributed by atoms with Gasteiger partial charge in [0.05, 0.1) is 20.0 Å². The molecule has 1 N–H and O–H groups in total. The van der Waals surface area contributed by atoms with Gasteiger partial charge in [0.25, 0.3) is 0 Å². The molecule has 100 valence electrons. The molecule has 0 rings (SSSR count). The minimum atomic E-state index is 0.178. The third-order valence-corrected chi connectivity index (χ3v) is 2.75. The number of rotatable bonds is 12. The number of unbranched alkanes of at least 4 members (excludes halogenated alkanes) is 8. The molecule has 0 aromatic rings. The van der Waals surface area contributed by atoms with E-state index in [1.54, 1.807) is 13.4 Å². The number of methoxy groups -OCH3 is 1. The van der Waals surface area contributed by atoms with Crippen molar-refractivity contribution < 1.29 is 9.84 Å². The quantitative estimate of drug-likeness (QED) is 0.314. The Morgan fingerprint density at radius 2 is 1.29 bits per heavy atom. The van der Waals surface area contributed by atoms with Crippen molar-refractivity contribution in [3.05, 3.63) is 24.5 Å². The maximum Gasteiger partial charge on any atom is 0.0784 e. The number of aliphatic hydroxyl groups is 1. The molecule has 0 fully saturated rings. The van der Waals surface area contributed by atoms with E-state index in [1.807, 2.05) is 6.08 Å². The Kier molecular flexibility index (Phi) is 14.6. The highest BCUT2D eigenvalue weighted by atomic mass is 16.5. The summed E-state index contributed by atoms with van der Waals surface area (Å²) in [5.74, 6) is 0. The first-order valence-electron chi connectivity index (χ1n) is 6.85. The Morgan fingerprint density at radius 1 is 0.765 bits per heavy atom. The molecule has 0 aliphatic carbocycles. The van der Waals surface area contributed by atoms with Gasteiger partial charge in [0, 0.05) is 0 Å². The summed E-state index contributed by atoms with van der Waals surface area (Å²) in [5, 5.41) is 8.54. The lowest BCUT2D eigenvalue weighted by Gasteiger charge is -2.00. The lowest BCUT2D eigenvalue weighted by Crippen LogP contribution is -1.80. The van der Waals surface area contributed by atoms with Gasteiger partial charge in [-0.2, -0.15) is 0 Å². The molecule has 0 amide bonds. The van der Waals surface area contributed by atoms with Crippen LogP contribution in [0.4, 0.5) is 0 Å². The third-order valence-electron chi connectivity index (χ3n) is 2.75. The number of aliphatic hydroxyl groups excluding tert-OH is 1.